The fourth-order valence-electron chi connectivity index (χ4n) is 3.26. The van der Waals surface area contributed by atoms with Gasteiger partial charge in [-0.15, -0.1) is 0 Å². The summed E-state index contributed by atoms with van der Waals surface area (Å²) in [6.07, 6.45) is 1.06. The summed E-state index contributed by atoms with van der Waals surface area (Å²) in [5.74, 6) is -0.0599. The lowest BCUT2D eigenvalue weighted by Gasteiger charge is -2.17. The summed E-state index contributed by atoms with van der Waals surface area (Å²) in [7, 11) is 1.50. The Morgan fingerprint density at radius 3 is 2.57 bits per heavy atom. The first-order chi connectivity index (χ1) is 17.0. The molecule has 0 saturated heterocycles. The van der Waals surface area contributed by atoms with Crippen LogP contribution >= 0.6 is 0 Å². The highest BCUT2D eigenvalue weighted by Crippen LogP contribution is 2.23. The molecule has 2 N–H and O–H groups in total. The third-order valence-electron chi connectivity index (χ3n) is 4.99. The highest BCUT2D eigenvalue weighted by Gasteiger charge is 2.23. The number of hydrogen-bond donors (Lipinski definition) is 2. The highest BCUT2D eigenvalue weighted by molar-refractivity contribution is 5.98. The quantitative estimate of drug-likeness (QED) is 0.168. The molecule has 7 nitrogen and oxygen atoms in total. The maximum atomic E-state index is 14.3. The summed E-state index contributed by atoms with van der Waals surface area (Å²) < 4.78 is 24.8. The molecule has 1 atom stereocenters. The molecule has 180 valence electrons. The molecule has 0 aliphatic heterocycles. The lowest BCUT2D eigenvalue weighted by Crippen LogP contribution is -2.28. The van der Waals surface area contributed by atoms with E-state index in [9.17, 15) is 9.18 Å². The third-order valence-corrected chi connectivity index (χ3v) is 4.99. The van der Waals surface area contributed by atoms with Crippen molar-refractivity contribution in [1.29, 1.82) is 5.41 Å². The molecule has 0 aliphatic rings. The molecule has 0 fully saturated rings. The average Bonchev–Trinajstić information content (AvgIpc) is 2.88. The summed E-state index contributed by atoms with van der Waals surface area (Å²) in [4.78, 5) is 17.7. The Balaban J connectivity index is 1.69. The maximum Gasteiger partial charge on any atom is 0.278 e. The topological polar surface area (TPSA) is 93.0 Å². The first-order valence-electron chi connectivity index (χ1n) is 10.8. The zero-order chi connectivity index (χ0) is 25.0. The molecule has 3 rings (SSSR count). The minimum absolute atomic E-state index is 0.0764. The van der Waals surface area contributed by atoms with Gasteiger partial charge in [-0.3, -0.25) is 10.2 Å². The molecule has 1 amide bonds. The molecule has 0 bridgehead atoms. The number of carbonyl (C=O) groups excluding carboxylic acids is 1. The molecular formula is C27H26FN3O4. The molecule has 1 unspecified atom stereocenters. The lowest BCUT2D eigenvalue weighted by molar-refractivity contribution is -0.128. The van der Waals surface area contributed by atoms with Crippen LogP contribution in [0.25, 0.3) is 6.08 Å². The van der Waals surface area contributed by atoms with Gasteiger partial charge in [-0.2, -0.15) is 4.39 Å². The van der Waals surface area contributed by atoms with Gasteiger partial charge >= 0.3 is 0 Å². The Morgan fingerprint density at radius 2 is 1.83 bits per heavy atom. The number of oxime groups is 1. The fraction of sp³-hybridized carbons (Fsp3) is 0.148. The summed E-state index contributed by atoms with van der Waals surface area (Å²) in [6.45, 7) is 1.83. The summed E-state index contributed by atoms with van der Waals surface area (Å²) in [5, 5.41) is 13.9. The van der Waals surface area contributed by atoms with E-state index in [4.69, 9.17) is 19.7 Å². The van der Waals surface area contributed by atoms with Crippen molar-refractivity contribution in [3.05, 3.63) is 107 Å². The zero-order valence-electron chi connectivity index (χ0n) is 19.4. The first kappa shape index (κ1) is 25.2. The van der Waals surface area contributed by atoms with Crippen LogP contribution < -0.4 is 10.1 Å². The number of ether oxygens (including phenoxy) is 2. The molecule has 0 spiro atoms. The summed E-state index contributed by atoms with van der Waals surface area (Å²) in [5.41, 5.74) is 3.19. The molecule has 0 heterocycles. The van der Waals surface area contributed by atoms with Crippen LogP contribution in [0.4, 0.5) is 4.39 Å². The minimum atomic E-state index is -0.977. The molecule has 8 heteroatoms. The van der Waals surface area contributed by atoms with Crippen molar-refractivity contribution in [1.82, 2.24) is 5.32 Å². The van der Waals surface area contributed by atoms with Gasteiger partial charge in [-0.1, -0.05) is 71.9 Å². The van der Waals surface area contributed by atoms with Crippen molar-refractivity contribution in [2.24, 2.45) is 5.16 Å². The number of benzene rings is 3. The van der Waals surface area contributed by atoms with Gasteiger partial charge < -0.3 is 19.6 Å². The van der Waals surface area contributed by atoms with Crippen molar-refractivity contribution < 1.29 is 23.5 Å². The van der Waals surface area contributed by atoms with Crippen LogP contribution in [0.2, 0.25) is 0 Å². The summed E-state index contributed by atoms with van der Waals surface area (Å²) in [6, 6.07) is 22.3. The molecule has 0 aliphatic carbocycles. The van der Waals surface area contributed by atoms with Gasteiger partial charge in [0, 0.05) is 24.3 Å². The van der Waals surface area contributed by atoms with Crippen LogP contribution in [0.1, 0.15) is 35.3 Å². The van der Waals surface area contributed by atoms with Crippen molar-refractivity contribution >= 4 is 24.1 Å². The minimum Gasteiger partial charge on any atom is -0.466 e. The summed E-state index contributed by atoms with van der Waals surface area (Å²) >= 11 is 0. The van der Waals surface area contributed by atoms with Crippen LogP contribution in [-0.4, -0.2) is 25.1 Å². The van der Waals surface area contributed by atoms with Crippen LogP contribution in [-0.2, 0) is 21.0 Å². The van der Waals surface area contributed by atoms with Crippen LogP contribution in [0.3, 0.4) is 0 Å². The number of rotatable bonds is 11. The molecular weight excluding hydrogens is 449 g/mol. The monoisotopic (exact) mass is 475 g/mol. The largest absolute Gasteiger partial charge is 0.466 e. The Bertz CT molecular complexity index is 1210. The first-order valence-corrected chi connectivity index (χ1v) is 10.8. The van der Waals surface area contributed by atoms with E-state index in [1.54, 1.807) is 61.5 Å². The van der Waals surface area contributed by atoms with Gasteiger partial charge in [0.1, 0.15) is 12.4 Å². The van der Waals surface area contributed by atoms with Gasteiger partial charge in [-0.05, 0) is 30.2 Å². The van der Waals surface area contributed by atoms with Crippen molar-refractivity contribution in [3.8, 4) is 5.75 Å². The molecule has 0 aromatic heterocycles. The zero-order valence-corrected chi connectivity index (χ0v) is 19.4. The number of hydrogen-bond acceptors (Lipinski definition) is 6. The van der Waals surface area contributed by atoms with Crippen molar-refractivity contribution in [2.75, 3.05) is 7.05 Å². The predicted molar refractivity (Wildman–Crippen MR) is 133 cm³/mol. The lowest BCUT2D eigenvalue weighted by atomic mass is 10.0. The Labute approximate surface area is 203 Å². The highest BCUT2D eigenvalue weighted by atomic mass is 19.1. The van der Waals surface area contributed by atoms with E-state index in [1.165, 1.54) is 13.1 Å². The van der Waals surface area contributed by atoms with E-state index in [0.29, 0.717) is 33.7 Å². The SMILES string of the molecule is CNC(=O)C(OC=N)c1ccccc1CO/N=C(\C)c1cccc(O/C(F)=C\c2ccccc2)c1. The molecule has 0 radical (unpaired) electrons. The Hall–Kier alpha value is -4.46. The number of nitrogens with zero attached hydrogens (tertiary/aromatic N) is 1. The van der Waals surface area contributed by atoms with E-state index in [-0.39, 0.29) is 12.5 Å². The van der Waals surface area contributed by atoms with E-state index in [0.717, 1.165) is 6.40 Å². The normalized spacial score (nSPS) is 12.4. The number of halogens is 1. The predicted octanol–water partition coefficient (Wildman–Crippen LogP) is 5.39. The fourth-order valence-corrected chi connectivity index (χ4v) is 3.26. The average molecular weight is 476 g/mol. The molecule has 3 aromatic rings. The number of nitrogens with one attached hydrogen (secondary N) is 2. The number of carbonyl (C=O) groups is 1. The van der Waals surface area contributed by atoms with Crippen LogP contribution in [0.15, 0.2) is 90.0 Å². The third kappa shape index (κ3) is 7.26. The van der Waals surface area contributed by atoms with Gasteiger partial charge in [0.15, 0.2) is 6.40 Å². The van der Waals surface area contributed by atoms with Crippen LogP contribution in [0, 0.1) is 5.41 Å². The van der Waals surface area contributed by atoms with E-state index < -0.39 is 12.1 Å². The molecule has 0 saturated carbocycles. The van der Waals surface area contributed by atoms with Gasteiger partial charge in [-0.25, -0.2) is 0 Å². The Morgan fingerprint density at radius 1 is 1.09 bits per heavy atom. The second-order valence-electron chi connectivity index (χ2n) is 7.39. The number of amides is 1. The van der Waals surface area contributed by atoms with E-state index in [2.05, 4.69) is 10.5 Å². The van der Waals surface area contributed by atoms with Gasteiger partial charge in [0.05, 0.1) is 5.71 Å². The van der Waals surface area contributed by atoms with Gasteiger partial charge in [0.2, 0.25) is 6.10 Å². The van der Waals surface area contributed by atoms with Crippen LogP contribution in [0.5, 0.6) is 5.75 Å². The molecule has 3 aromatic carbocycles. The number of likely N-dealkylation sites (N-methyl/N-ethyl adjacent to an activating group) is 1. The van der Waals surface area contributed by atoms with Crippen molar-refractivity contribution in [2.45, 2.75) is 19.6 Å². The maximum absolute atomic E-state index is 14.3. The standard InChI is InChI=1S/C27H26FN3O4/c1-19(21-12-8-13-23(16-21)35-25(28)15-20-9-4-3-5-10-20)31-34-17-22-11-6-7-14-24(22)26(33-18-29)27(32)30-2/h3-16,18,26,29H,17H2,1-2H3,(H,30,32)/b25-15-,29-18?,31-19+. The van der Waals surface area contributed by atoms with Gasteiger partial charge in [0.25, 0.3) is 11.9 Å². The Kier molecular flexibility index (Phi) is 9.13. The molecule has 35 heavy (non-hydrogen) atoms. The second-order valence-corrected chi connectivity index (χ2v) is 7.39. The van der Waals surface area contributed by atoms with E-state index in [1.807, 2.05) is 24.3 Å². The second kappa shape index (κ2) is 12.7. The van der Waals surface area contributed by atoms with Crippen molar-refractivity contribution in [3.63, 3.8) is 0 Å². The smallest absolute Gasteiger partial charge is 0.278 e. The van der Waals surface area contributed by atoms with E-state index >= 15 is 0 Å².